The van der Waals surface area contributed by atoms with Gasteiger partial charge in [0.25, 0.3) is 5.22 Å². The molecule has 1 N–H and O–H groups in total. The molecule has 11 heteroatoms. The number of methoxy groups -OCH3 is 1. The number of carbonyl (C=O) groups is 3. The number of ether oxygens (including phenoxy) is 2. The molecule has 0 radical (unpaired) electrons. The number of ketones is 1. The zero-order chi connectivity index (χ0) is 23.3. The van der Waals surface area contributed by atoms with E-state index in [9.17, 15) is 14.4 Å². The largest absolute Gasteiger partial charge is 0.497 e. The standard InChI is InChI=1S/C21H21N3O6S2/c1-5-29-20(27)16-11(2)17(12(3)25)32-19(16)22-15(26)10-31-21-24-23-18(30-21)13-6-8-14(28-4)9-7-13/h6-9H,5,10H2,1-4H3,(H,22,26). The summed E-state index contributed by atoms with van der Waals surface area (Å²) < 4.78 is 15.8. The summed E-state index contributed by atoms with van der Waals surface area (Å²) in [6, 6.07) is 7.13. The van der Waals surface area contributed by atoms with Gasteiger partial charge in [-0.15, -0.1) is 21.5 Å². The lowest BCUT2D eigenvalue weighted by Gasteiger charge is -2.06. The van der Waals surface area contributed by atoms with Gasteiger partial charge in [0.2, 0.25) is 11.8 Å². The molecule has 168 valence electrons. The molecule has 0 unspecified atom stereocenters. The second-order valence-corrected chi connectivity index (χ2v) is 8.42. The smallest absolute Gasteiger partial charge is 0.341 e. The molecule has 0 aliphatic rings. The van der Waals surface area contributed by atoms with Gasteiger partial charge in [-0.1, -0.05) is 11.8 Å². The number of anilines is 1. The van der Waals surface area contributed by atoms with Crippen LogP contribution in [0.4, 0.5) is 5.00 Å². The molecule has 2 aromatic heterocycles. The van der Waals surface area contributed by atoms with Gasteiger partial charge >= 0.3 is 5.97 Å². The summed E-state index contributed by atoms with van der Waals surface area (Å²) in [5.41, 5.74) is 1.41. The van der Waals surface area contributed by atoms with Crippen LogP contribution in [0.15, 0.2) is 33.9 Å². The highest BCUT2D eigenvalue weighted by Crippen LogP contribution is 2.34. The molecule has 0 saturated heterocycles. The van der Waals surface area contributed by atoms with E-state index in [1.165, 1.54) is 6.92 Å². The number of benzene rings is 1. The second kappa shape index (κ2) is 10.4. The number of aromatic nitrogens is 2. The first kappa shape index (κ1) is 23.5. The van der Waals surface area contributed by atoms with Crippen molar-refractivity contribution in [2.45, 2.75) is 26.0 Å². The Morgan fingerprint density at radius 1 is 1.19 bits per heavy atom. The van der Waals surface area contributed by atoms with E-state index >= 15 is 0 Å². The number of amides is 1. The van der Waals surface area contributed by atoms with Crippen LogP contribution >= 0.6 is 23.1 Å². The monoisotopic (exact) mass is 475 g/mol. The van der Waals surface area contributed by atoms with Crippen LogP contribution in [0.3, 0.4) is 0 Å². The topological polar surface area (TPSA) is 121 Å². The normalized spacial score (nSPS) is 10.6. The highest BCUT2D eigenvalue weighted by atomic mass is 32.2. The summed E-state index contributed by atoms with van der Waals surface area (Å²) in [5.74, 6) is -0.166. The van der Waals surface area contributed by atoms with Gasteiger partial charge in [0.05, 0.1) is 29.9 Å². The van der Waals surface area contributed by atoms with E-state index in [2.05, 4.69) is 15.5 Å². The van der Waals surface area contributed by atoms with Crippen LogP contribution in [-0.2, 0) is 9.53 Å². The van der Waals surface area contributed by atoms with Crippen LogP contribution in [0.1, 0.15) is 39.4 Å². The van der Waals surface area contributed by atoms with Gasteiger partial charge in [0, 0.05) is 5.56 Å². The molecule has 0 spiro atoms. The molecule has 0 aliphatic carbocycles. The molecule has 0 saturated carbocycles. The molecule has 1 amide bonds. The highest BCUT2D eigenvalue weighted by molar-refractivity contribution is 7.99. The number of carbonyl (C=O) groups excluding carboxylic acids is 3. The van der Waals surface area contributed by atoms with E-state index in [4.69, 9.17) is 13.9 Å². The van der Waals surface area contributed by atoms with E-state index in [-0.39, 0.29) is 39.8 Å². The second-order valence-electron chi connectivity index (χ2n) is 6.48. The van der Waals surface area contributed by atoms with Crippen molar-refractivity contribution < 1.29 is 28.3 Å². The summed E-state index contributed by atoms with van der Waals surface area (Å²) in [6.07, 6.45) is 0. The van der Waals surface area contributed by atoms with Gasteiger partial charge in [-0.2, -0.15) is 0 Å². The average molecular weight is 476 g/mol. The first-order valence-electron chi connectivity index (χ1n) is 9.56. The number of hydrogen-bond acceptors (Lipinski definition) is 10. The maximum atomic E-state index is 12.5. The molecular weight excluding hydrogens is 454 g/mol. The molecule has 0 atom stereocenters. The minimum absolute atomic E-state index is 0.0289. The third-order valence-corrected chi connectivity index (χ3v) is 6.40. The fraction of sp³-hybridized carbons (Fsp3) is 0.286. The van der Waals surface area contributed by atoms with Crippen molar-refractivity contribution in [3.8, 4) is 17.2 Å². The molecule has 0 aliphatic heterocycles. The average Bonchev–Trinajstić information content (AvgIpc) is 3.37. The van der Waals surface area contributed by atoms with Crippen molar-refractivity contribution in [2.24, 2.45) is 0 Å². The van der Waals surface area contributed by atoms with Crippen LogP contribution in [-0.4, -0.2) is 47.3 Å². The highest BCUT2D eigenvalue weighted by Gasteiger charge is 2.25. The van der Waals surface area contributed by atoms with E-state index in [1.54, 1.807) is 45.2 Å². The molecule has 2 heterocycles. The molecule has 32 heavy (non-hydrogen) atoms. The van der Waals surface area contributed by atoms with Gasteiger partial charge in [-0.05, 0) is 50.6 Å². The quantitative estimate of drug-likeness (QED) is 0.275. The van der Waals surface area contributed by atoms with Crippen molar-refractivity contribution in [1.29, 1.82) is 0 Å². The summed E-state index contributed by atoms with van der Waals surface area (Å²) >= 11 is 2.11. The molecule has 1 aromatic carbocycles. The minimum atomic E-state index is -0.585. The first-order chi connectivity index (χ1) is 15.3. The fourth-order valence-electron chi connectivity index (χ4n) is 2.79. The zero-order valence-electron chi connectivity index (χ0n) is 17.9. The SMILES string of the molecule is CCOC(=O)c1c(NC(=O)CSc2nnc(-c3ccc(OC)cc3)o2)sc(C(C)=O)c1C. The Labute approximate surface area is 192 Å². The summed E-state index contributed by atoms with van der Waals surface area (Å²) in [6.45, 7) is 4.93. The third kappa shape index (κ3) is 5.35. The third-order valence-electron chi connectivity index (χ3n) is 4.27. The predicted octanol–water partition coefficient (Wildman–Crippen LogP) is 4.23. The lowest BCUT2D eigenvalue weighted by atomic mass is 10.1. The van der Waals surface area contributed by atoms with Gasteiger partial charge in [-0.3, -0.25) is 9.59 Å². The maximum Gasteiger partial charge on any atom is 0.341 e. The number of thiophene rings is 1. The van der Waals surface area contributed by atoms with Gasteiger partial charge < -0.3 is 19.2 Å². The Balaban J connectivity index is 1.67. The first-order valence-corrected chi connectivity index (χ1v) is 11.4. The lowest BCUT2D eigenvalue weighted by Crippen LogP contribution is -2.16. The van der Waals surface area contributed by atoms with Crippen LogP contribution in [0.2, 0.25) is 0 Å². The molecule has 3 aromatic rings. The Morgan fingerprint density at radius 2 is 1.91 bits per heavy atom. The fourth-order valence-corrected chi connectivity index (χ4v) is 4.46. The van der Waals surface area contributed by atoms with Gasteiger partial charge in [0.1, 0.15) is 10.8 Å². The Kier molecular flexibility index (Phi) is 7.65. The predicted molar refractivity (Wildman–Crippen MR) is 121 cm³/mol. The number of nitrogens with zero attached hydrogens (tertiary/aromatic N) is 2. The number of rotatable bonds is 9. The van der Waals surface area contributed by atoms with Crippen LogP contribution in [0.25, 0.3) is 11.5 Å². The molecule has 9 nitrogen and oxygen atoms in total. The van der Waals surface area contributed by atoms with E-state index in [1.807, 2.05) is 0 Å². The minimum Gasteiger partial charge on any atom is -0.497 e. The molecule has 3 rings (SSSR count). The summed E-state index contributed by atoms with van der Waals surface area (Å²) in [4.78, 5) is 37.1. The zero-order valence-corrected chi connectivity index (χ0v) is 19.5. The van der Waals surface area contributed by atoms with Crippen molar-refractivity contribution >= 4 is 45.8 Å². The number of esters is 1. The number of Topliss-reactive ketones (excluding diaryl/α,β-unsaturated/α-hetero) is 1. The van der Waals surface area contributed by atoms with Crippen molar-refractivity contribution in [3.63, 3.8) is 0 Å². The number of thioether (sulfide) groups is 1. The van der Waals surface area contributed by atoms with Crippen LogP contribution in [0, 0.1) is 6.92 Å². The van der Waals surface area contributed by atoms with E-state index in [0.29, 0.717) is 22.1 Å². The van der Waals surface area contributed by atoms with Crippen LogP contribution < -0.4 is 10.1 Å². The van der Waals surface area contributed by atoms with Crippen molar-refractivity contribution in [3.05, 3.63) is 40.3 Å². The molecule has 0 fully saturated rings. The van der Waals surface area contributed by atoms with Crippen molar-refractivity contribution in [2.75, 3.05) is 24.8 Å². The number of hydrogen-bond donors (Lipinski definition) is 1. The van der Waals surface area contributed by atoms with Gasteiger partial charge in [0.15, 0.2) is 5.78 Å². The van der Waals surface area contributed by atoms with Crippen molar-refractivity contribution in [1.82, 2.24) is 10.2 Å². The van der Waals surface area contributed by atoms with Gasteiger partial charge in [-0.25, -0.2) is 4.79 Å². The molecule has 0 bridgehead atoms. The summed E-state index contributed by atoms with van der Waals surface area (Å²) in [5, 5.41) is 11.1. The molecular formula is C21H21N3O6S2. The summed E-state index contributed by atoms with van der Waals surface area (Å²) in [7, 11) is 1.58. The Hall–Kier alpha value is -3.18. The van der Waals surface area contributed by atoms with E-state index < -0.39 is 5.97 Å². The Morgan fingerprint density at radius 3 is 2.53 bits per heavy atom. The van der Waals surface area contributed by atoms with Crippen LogP contribution in [0.5, 0.6) is 5.75 Å². The Bertz CT molecular complexity index is 1140. The maximum absolute atomic E-state index is 12.5. The number of nitrogens with one attached hydrogen (secondary N) is 1. The van der Waals surface area contributed by atoms with E-state index in [0.717, 1.165) is 28.7 Å². The lowest BCUT2D eigenvalue weighted by molar-refractivity contribution is -0.113.